The van der Waals surface area contributed by atoms with Crippen LogP contribution in [0.3, 0.4) is 0 Å². The molecule has 0 saturated heterocycles. The van der Waals surface area contributed by atoms with Gasteiger partial charge in [-0.3, -0.25) is 4.79 Å². The molecule has 0 aromatic carbocycles. The third-order valence-corrected chi connectivity index (χ3v) is 7.46. The summed E-state index contributed by atoms with van der Waals surface area (Å²) in [6.45, 7) is 11.3. The molecule has 0 spiro atoms. The number of carbonyl (C=O) groups is 1. The fourth-order valence-electron chi connectivity index (χ4n) is 4.15. The van der Waals surface area contributed by atoms with Crippen molar-refractivity contribution in [1.82, 2.24) is 20.3 Å². The molecule has 1 saturated carbocycles. The number of anilines is 2. The van der Waals surface area contributed by atoms with Gasteiger partial charge in [-0.2, -0.15) is 0 Å². The molecule has 2 unspecified atom stereocenters. The minimum atomic E-state index is -0.946. The molecular formula is C25H39N7OP+. The number of nitrogens with two attached hydrogens (primary N) is 1. The van der Waals surface area contributed by atoms with Crippen LogP contribution in [0.25, 0.3) is 6.08 Å². The van der Waals surface area contributed by atoms with Crippen molar-refractivity contribution in [2.24, 2.45) is 11.1 Å². The summed E-state index contributed by atoms with van der Waals surface area (Å²) >= 11 is 0. The Kier molecular flexibility index (Phi) is 8.13. The molecule has 184 valence electrons. The van der Waals surface area contributed by atoms with Crippen LogP contribution >= 0.6 is 7.26 Å². The molecule has 1 aliphatic rings. The van der Waals surface area contributed by atoms with Crippen LogP contribution < -0.4 is 21.7 Å². The van der Waals surface area contributed by atoms with Crippen molar-refractivity contribution in [3.8, 4) is 0 Å². The number of pyridine rings is 1. The summed E-state index contributed by atoms with van der Waals surface area (Å²) in [6, 6.07) is 5.94. The van der Waals surface area contributed by atoms with Crippen LogP contribution in [0.5, 0.6) is 0 Å². The van der Waals surface area contributed by atoms with E-state index in [1.807, 2.05) is 7.05 Å². The van der Waals surface area contributed by atoms with Crippen LogP contribution in [-0.2, 0) is 4.79 Å². The Balaban J connectivity index is 1.73. The van der Waals surface area contributed by atoms with Gasteiger partial charge >= 0.3 is 0 Å². The van der Waals surface area contributed by atoms with E-state index in [9.17, 15) is 4.79 Å². The van der Waals surface area contributed by atoms with Gasteiger partial charge in [-0.15, -0.1) is 0 Å². The van der Waals surface area contributed by atoms with Gasteiger partial charge in [0.2, 0.25) is 0 Å². The van der Waals surface area contributed by atoms with E-state index in [0.29, 0.717) is 5.82 Å². The van der Waals surface area contributed by atoms with E-state index >= 15 is 0 Å². The maximum absolute atomic E-state index is 12.9. The third-order valence-electron chi connectivity index (χ3n) is 6.35. The van der Waals surface area contributed by atoms with Crippen LogP contribution in [0.15, 0.2) is 36.3 Å². The van der Waals surface area contributed by atoms with E-state index in [0.717, 1.165) is 42.7 Å². The third kappa shape index (κ3) is 6.89. The summed E-state index contributed by atoms with van der Waals surface area (Å²) in [5.74, 6) is 1.26. The second-order valence-electron chi connectivity index (χ2n) is 10.7. The van der Waals surface area contributed by atoms with E-state index < -0.39 is 7.26 Å². The molecular weight excluding hydrogens is 445 g/mol. The fourth-order valence-corrected chi connectivity index (χ4v) is 4.80. The zero-order valence-electron chi connectivity index (χ0n) is 21.2. The molecule has 1 amide bonds. The average Bonchev–Trinajstić information content (AvgIpc) is 2.79. The first kappa shape index (κ1) is 25.9. The Morgan fingerprint density at radius 2 is 1.94 bits per heavy atom. The molecule has 1 fully saturated rings. The minimum absolute atomic E-state index is 0.0225. The van der Waals surface area contributed by atoms with Gasteiger partial charge < -0.3 is 21.7 Å². The molecule has 2 atom stereocenters. The molecule has 9 heteroatoms. The zero-order chi connectivity index (χ0) is 24.9. The molecule has 2 aromatic heterocycles. The predicted octanol–water partition coefficient (Wildman–Crippen LogP) is 3.97. The fraction of sp³-hybridized carbons (Fsp3) is 0.520. The maximum atomic E-state index is 12.9. The predicted molar refractivity (Wildman–Crippen MR) is 143 cm³/mol. The van der Waals surface area contributed by atoms with Crippen LogP contribution in [0, 0.1) is 5.41 Å². The zero-order valence-corrected chi connectivity index (χ0v) is 22.1. The smallest absolute Gasteiger partial charge is 0.267 e. The van der Waals surface area contributed by atoms with Gasteiger partial charge in [0.25, 0.3) is 5.91 Å². The lowest BCUT2D eigenvalue weighted by Gasteiger charge is -2.42. The Morgan fingerprint density at radius 3 is 2.59 bits per heavy atom. The highest BCUT2D eigenvalue weighted by atomic mass is 31.2. The summed E-state index contributed by atoms with van der Waals surface area (Å²) in [4.78, 5) is 26.0. The lowest BCUT2D eigenvalue weighted by atomic mass is 9.68. The first-order valence-electron chi connectivity index (χ1n) is 11.8. The van der Waals surface area contributed by atoms with E-state index in [4.69, 9.17) is 10.7 Å². The number of rotatable bonds is 8. The van der Waals surface area contributed by atoms with E-state index in [1.165, 1.54) is 6.08 Å². The number of aromatic nitrogens is 3. The molecule has 5 N–H and O–H groups in total. The van der Waals surface area contributed by atoms with Gasteiger partial charge in [0.15, 0.2) is 5.82 Å². The molecule has 3 rings (SSSR count). The van der Waals surface area contributed by atoms with Crippen molar-refractivity contribution in [3.05, 3.63) is 47.8 Å². The molecule has 0 bridgehead atoms. The molecule has 0 radical (unpaired) electrons. The van der Waals surface area contributed by atoms with Gasteiger partial charge in [0.05, 0.1) is 25.7 Å². The highest BCUT2D eigenvalue weighted by Gasteiger charge is 2.38. The highest BCUT2D eigenvalue weighted by Crippen LogP contribution is 2.46. The Bertz CT molecular complexity index is 1020. The molecule has 1 aliphatic carbocycles. The molecule has 8 nitrogen and oxygen atoms in total. The average molecular weight is 485 g/mol. The Morgan fingerprint density at radius 1 is 1.24 bits per heavy atom. The molecule has 0 aliphatic heterocycles. The first-order valence-corrected chi connectivity index (χ1v) is 15.1. The number of nitrogens with zero attached hydrogens (tertiary/aromatic N) is 3. The largest absolute Gasteiger partial charge is 0.394 e. The van der Waals surface area contributed by atoms with Crippen LogP contribution in [0.2, 0.25) is 0 Å². The van der Waals surface area contributed by atoms with Crippen molar-refractivity contribution in [2.45, 2.75) is 45.1 Å². The second-order valence-corrected chi connectivity index (χ2v) is 15.6. The molecule has 2 heterocycles. The van der Waals surface area contributed by atoms with Crippen LogP contribution in [-0.4, -0.2) is 60.2 Å². The highest BCUT2D eigenvalue weighted by molar-refractivity contribution is 7.73. The van der Waals surface area contributed by atoms with E-state index in [-0.39, 0.29) is 29.0 Å². The standard InChI is InChI=1S/C25H38N7OP/c1-25(2)11-10-17(19-8-9-20(23(27-3)31-19)30-16-34(4,5)6)14-21(25)32-24(33)18(26)15-22-28-12-7-13-29-22/h7-9,12-13,15,17,21H,10-11,14,16H2,1-6H3,(H4-,26,27,28,29,30,31,32,33)/p+1. The minimum Gasteiger partial charge on any atom is -0.394 e. The van der Waals surface area contributed by atoms with Crippen molar-refractivity contribution in [2.75, 3.05) is 44.0 Å². The normalized spacial score (nSPS) is 20.5. The number of nitrogens with one attached hydrogen (secondary N) is 3. The Hall–Kier alpha value is -2.73. The van der Waals surface area contributed by atoms with Gasteiger partial charge in [-0.25, -0.2) is 15.0 Å². The van der Waals surface area contributed by atoms with E-state index in [1.54, 1.807) is 18.5 Å². The SMILES string of the molecule is CNc1nc(C2CCC(C)(C)C(NC(=O)C(N)=Cc3ncccn3)C2)ccc1NC[P+](C)(C)C. The first-order chi connectivity index (χ1) is 16.0. The van der Waals surface area contributed by atoms with Crippen molar-refractivity contribution in [3.63, 3.8) is 0 Å². The van der Waals surface area contributed by atoms with Crippen molar-refractivity contribution >= 4 is 30.8 Å². The number of hydrogen-bond donors (Lipinski definition) is 4. The van der Waals surface area contributed by atoms with Gasteiger partial charge in [0.1, 0.15) is 17.8 Å². The van der Waals surface area contributed by atoms with Crippen molar-refractivity contribution < 1.29 is 4.79 Å². The van der Waals surface area contributed by atoms with Gasteiger partial charge in [-0.1, -0.05) is 13.8 Å². The molecule has 2 aromatic rings. The monoisotopic (exact) mass is 484 g/mol. The van der Waals surface area contributed by atoms with Gasteiger partial charge in [0, 0.05) is 50.4 Å². The number of carbonyl (C=O) groups excluding carboxylic acids is 1. The molecule has 34 heavy (non-hydrogen) atoms. The summed E-state index contributed by atoms with van der Waals surface area (Å²) in [5.41, 5.74) is 8.21. The summed E-state index contributed by atoms with van der Waals surface area (Å²) < 4.78 is 0. The van der Waals surface area contributed by atoms with Crippen LogP contribution in [0.4, 0.5) is 11.5 Å². The topological polar surface area (TPSA) is 118 Å². The van der Waals surface area contributed by atoms with Crippen molar-refractivity contribution in [1.29, 1.82) is 0 Å². The van der Waals surface area contributed by atoms with Gasteiger partial charge in [-0.05, 0) is 42.9 Å². The lowest BCUT2D eigenvalue weighted by Crippen LogP contribution is -2.49. The maximum Gasteiger partial charge on any atom is 0.267 e. The summed E-state index contributed by atoms with van der Waals surface area (Å²) in [6.07, 6.45) is 8.54. The number of hydrogen-bond acceptors (Lipinski definition) is 7. The Labute approximate surface area is 204 Å². The number of amides is 1. The van der Waals surface area contributed by atoms with E-state index in [2.05, 4.69) is 71.9 Å². The summed E-state index contributed by atoms with van der Waals surface area (Å²) in [7, 11) is 0.959. The second kappa shape index (κ2) is 10.7. The summed E-state index contributed by atoms with van der Waals surface area (Å²) in [5, 5.41) is 9.96. The lowest BCUT2D eigenvalue weighted by molar-refractivity contribution is -0.119. The van der Waals surface area contributed by atoms with Crippen LogP contribution in [0.1, 0.15) is 50.5 Å². The quantitative estimate of drug-likeness (QED) is 0.331.